The van der Waals surface area contributed by atoms with Gasteiger partial charge in [-0.15, -0.1) is 5.10 Å². The smallest absolute Gasteiger partial charge is 0.358 e. The number of hydrogen-bond donors (Lipinski definition) is 1. The number of aromatic carboxylic acids is 1. The van der Waals surface area contributed by atoms with Gasteiger partial charge in [0.2, 0.25) is 0 Å². The molecule has 0 aliphatic heterocycles. The standard InChI is InChI=1S/C12H10ClF2N3O3/c13-7-2-1-3-8(6-7)21-5-4-18-10(11(14)15)9(12(19)20)16-17-18/h1-3,6,11H,4-5H2,(H,19,20). The summed E-state index contributed by atoms with van der Waals surface area (Å²) < 4.78 is 31.9. The van der Waals surface area contributed by atoms with Crippen molar-refractivity contribution < 1.29 is 23.4 Å². The summed E-state index contributed by atoms with van der Waals surface area (Å²) in [5, 5.41) is 15.9. The molecule has 1 aromatic carbocycles. The Kier molecular flexibility index (Phi) is 4.69. The molecule has 2 aromatic rings. The molecule has 1 heterocycles. The molecule has 0 radical (unpaired) electrons. The fourth-order valence-corrected chi connectivity index (χ4v) is 1.84. The van der Waals surface area contributed by atoms with Gasteiger partial charge in [0, 0.05) is 5.02 Å². The van der Waals surface area contributed by atoms with E-state index in [4.69, 9.17) is 21.4 Å². The zero-order valence-electron chi connectivity index (χ0n) is 10.5. The highest BCUT2D eigenvalue weighted by molar-refractivity contribution is 6.30. The van der Waals surface area contributed by atoms with E-state index in [1.165, 1.54) is 0 Å². The first-order valence-corrected chi connectivity index (χ1v) is 6.20. The van der Waals surface area contributed by atoms with Gasteiger partial charge in [-0.25, -0.2) is 18.3 Å². The average Bonchev–Trinajstić information content (AvgIpc) is 2.83. The Labute approximate surface area is 122 Å². The lowest BCUT2D eigenvalue weighted by Gasteiger charge is -2.08. The second-order valence-electron chi connectivity index (χ2n) is 3.96. The molecule has 1 aromatic heterocycles. The Morgan fingerprint density at radius 3 is 2.86 bits per heavy atom. The number of alkyl halides is 2. The maximum atomic E-state index is 12.9. The lowest BCUT2D eigenvalue weighted by atomic mass is 10.3. The summed E-state index contributed by atoms with van der Waals surface area (Å²) >= 11 is 5.77. The number of nitrogens with zero attached hydrogens (tertiary/aromatic N) is 3. The lowest BCUT2D eigenvalue weighted by molar-refractivity contribution is 0.0675. The van der Waals surface area contributed by atoms with Crippen molar-refractivity contribution in [3.05, 3.63) is 40.7 Å². The van der Waals surface area contributed by atoms with Gasteiger partial charge in [0.05, 0.1) is 6.54 Å². The molecule has 0 fully saturated rings. The van der Waals surface area contributed by atoms with E-state index < -0.39 is 23.8 Å². The Morgan fingerprint density at radius 1 is 1.48 bits per heavy atom. The highest BCUT2D eigenvalue weighted by Gasteiger charge is 2.26. The number of carboxylic acid groups (broad SMARTS) is 1. The summed E-state index contributed by atoms with van der Waals surface area (Å²) in [6, 6.07) is 6.57. The third kappa shape index (κ3) is 3.66. The fraction of sp³-hybridized carbons (Fsp3) is 0.250. The third-order valence-electron chi connectivity index (χ3n) is 2.55. The van der Waals surface area contributed by atoms with Crippen LogP contribution in [0.5, 0.6) is 5.75 Å². The molecule has 112 valence electrons. The van der Waals surface area contributed by atoms with Crippen LogP contribution >= 0.6 is 11.6 Å². The van der Waals surface area contributed by atoms with Gasteiger partial charge in [0.25, 0.3) is 6.43 Å². The summed E-state index contributed by atoms with van der Waals surface area (Å²) in [5.74, 6) is -1.08. The van der Waals surface area contributed by atoms with Crippen LogP contribution in [0, 0.1) is 0 Å². The third-order valence-corrected chi connectivity index (χ3v) is 2.79. The van der Waals surface area contributed by atoms with E-state index in [2.05, 4.69) is 10.3 Å². The quantitative estimate of drug-likeness (QED) is 0.886. The molecule has 0 amide bonds. The van der Waals surface area contributed by atoms with Gasteiger partial charge >= 0.3 is 5.97 Å². The molecule has 1 N–H and O–H groups in total. The summed E-state index contributed by atoms with van der Waals surface area (Å²) in [6.45, 7) is -0.0467. The zero-order valence-corrected chi connectivity index (χ0v) is 11.3. The SMILES string of the molecule is O=C(O)c1nnn(CCOc2cccc(Cl)c2)c1C(F)F. The number of rotatable bonds is 6. The molecule has 9 heteroatoms. The maximum Gasteiger partial charge on any atom is 0.358 e. The molecule has 0 spiro atoms. The number of benzene rings is 1. The molecular formula is C12H10ClF2N3O3. The highest BCUT2D eigenvalue weighted by Crippen LogP contribution is 2.22. The van der Waals surface area contributed by atoms with E-state index in [1.54, 1.807) is 24.3 Å². The molecule has 0 saturated carbocycles. The van der Waals surface area contributed by atoms with Crippen LogP contribution in [0.3, 0.4) is 0 Å². The van der Waals surface area contributed by atoms with Crippen LogP contribution in [0.2, 0.25) is 5.02 Å². The van der Waals surface area contributed by atoms with E-state index in [0.29, 0.717) is 10.8 Å². The maximum absolute atomic E-state index is 12.9. The van der Waals surface area contributed by atoms with E-state index >= 15 is 0 Å². The van der Waals surface area contributed by atoms with Gasteiger partial charge in [-0.05, 0) is 18.2 Å². The van der Waals surface area contributed by atoms with Crippen molar-refractivity contribution in [1.82, 2.24) is 15.0 Å². The average molecular weight is 318 g/mol. The molecular weight excluding hydrogens is 308 g/mol. The minimum absolute atomic E-state index is 0.0164. The van der Waals surface area contributed by atoms with Crippen molar-refractivity contribution in [2.45, 2.75) is 13.0 Å². The highest BCUT2D eigenvalue weighted by atomic mass is 35.5. The van der Waals surface area contributed by atoms with Crippen LogP contribution in [0.4, 0.5) is 8.78 Å². The largest absolute Gasteiger partial charge is 0.492 e. The van der Waals surface area contributed by atoms with Crippen LogP contribution in [0.25, 0.3) is 0 Å². The molecule has 0 atom stereocenters. The molecule has 0 bridgehead atoms. The Hall–Kier alpha value is -2.22. The second-order valence-corrected chi connectivity index (χ2v) is 4.39. The van der Waals surface area contributed by atoms with E-state index in [1.807, 2.05) is 0 Å². The van der Waals surface area contributed by atoms with E-state index in [0.717, 1.165) is 4.68 Å². The molecule has 0 saturated heterocycles. The fourth-order valence-electron chi connectivity index (χ4n) is 1.66. The van der Waals surface area contributed by atoms with Gasteiger partial charge in [-0.2, -0.15) is 0 Å². The van der Waals surface area contributed by atoms with Crippen molar-refractivity contribution >= 4 is 17.6 Å². The topological polar surface area (TPSA) is 77.2 Å². The van der Waals surface area contributed by atoms with Crippen molar-refractivity contribution in [3.8, 4) is 5.75 Å². The van der Waals surface area contributed by atoms with Gasteiger partial charge in [0.15, 0.2) is 5.69 Å². The number of carboxylic acids is 1. The molecule has 21 heavy (non-hydrogen) atoms. The van der Waals surface area contributed by atoms with Gasteiger partial charge in [-0.3, -0.25) is 0 Å². The molecule has 2 rings (SSSR count). The van der Waals surface area contributed by atoms with Gasteiger partial charge < -0.3 is 9.84 Å². The van der Waals surface area contributed by atoms with Crippen molar-refractivity contribution in [3.63, 3.8) is 0 Å². The predicted octanol–water partition coefficient (Wildman–Crippen LogP) is 2.65. The first-order valence-electron chi connectivity index (χ1n) is 5.82. The molecule has 0 unspecified atom stereocenters. The Bertz CT molecular complexity index is 648. The first kappa shape index (κ1) is 15.2. The summed E-state index contributed by atoms with van der Waals surface area (Å²) in [5.41, 5.74) is -1.50. The zero-order chi connectivity index (χ0) is 15.4. The van der Waals surface area contributed by atoms with E-state index in [9.17, 15) is 13.6 Å². The first-order chi connectivity index (χ1) is 9.99. The summed E-state index contributed by atoms with van der Waals surface area (Å²) in [7, 11) is 0. The van der Waals surface area contributed by atoms with Gasteiger partial charge in [0.1, 0.15) is 18.1 Å². The van der Waals surface area contributed by atoms with Crippen LogP contribution in [0.15, 0.2) is 24.3 Å². The van der Waals surface area contributed by atoms with Crippen molar-refractivity contribution in [2.75, 3.05) is 6.61 Å². The molecule has 0 aliphatic carbocycles. The second kappa shape index (κ2) is 6.49. The number of carbonyl (C=O) groups is 1. The number of ether oxygens (including phenoxy) is 1. The minimum Gasteiger partial charge on any atom is -0.492 e. The number of hydrogen-bond acceptors (Lipinski definition) is 4. The van der Waals surface area contributed by atoms with Crippen LogP contribution < -0.4 is 4.74 Å². The number of halogens is 3. The summed E-state index contributed by atoms with van der Waals surface area (Å²) in [6.07, 6.45) is -2.99. The lowest BCUT2D eigenvalue weighted by Crippen LogP contribution is -2.14. The summed E-state index contributed by atoms with van der Waals surface area (Å²) in [4.78, 5) is 10.8. The van der Waals surface area contributed by atoms with Crippen LogP contribution in [-0.4, -0.2) is 32.7 Å². The Morgan fingerprint density at radius 2 is 2.24 bits per heavy atom. The number of aromatic nitrogens is 3. The van der Waals surface area contributed by atoms with E-state index in [-0.39, 0.29) is 13.2 Å². The van der Waals surface area contributed by atoms with Gasteiger partial charge in [-0.1, -0.05) is 22.9 Å². The predicted molar refractivity (Wildman–Crippen MR) is 68.9 cm³/mol. The normalized spacial score (nSPS) is 10.9. The Balaban J connectivity index is 2.05. The molecule has 6 nitrogen and oxygen atoms in total. The monoisotopic (exact) mass is 317 g/mol. The van der Waals surface area contributed by atoms with Crippen LogP contribution in [0.1, 0.15) is 22.6 Å². The van der Waals surface area contributed by atoms with Crippen LogP contribution in [-0.2, 0) is 6.54 Å². The van der Waals surface area contributed by atoms with Crippen molar-refractivity contribution in [1.29, 1.82) is 0 Å². The minimum atomic E-state index is -2.99. The van der Waals surface area contributed by atoms with Crippen molar-refractivity contribution in [2.24, 2.45) is 0 Å². The molecule has 0 aliphatic rings.